The minimum atomic E-state index is -0.625. The second-order valence-electron chi connectivity index (χ2n) is 5.91. The maximum Gasteiger partial charge on any atom is 0.337 e. The van der Waals surface area contributed by atoms with Crippen LogP contribution in [0, 0.1) is 0 Å². The Labute approximate surface area is 169 Å². The Morgan fingerprint density at radius 2 is 1.75 bits per heavy atom. The van der Waals surface area contributed by atoms with Crippen LogP contribution in [0.3, 0.4) is 0 Å². The van der Waals surface area contributed by atoms with Gasteiger partial charge in [0.1, 0.15) is 0 Å². The molecule has 2 aromatic rings. The molecule has 9 nitrogen and oxygen atoms in total. The summed E-state index contributed by atoms with van der Waals surface area (Å²) in [4.78, 5) is 35.9. The third-order valence-corrected chi connectivity index (χ3v) is 5.68. The number of thioether (sulfide) groups is 1. The summed E-state index contributed by atoms with van der Waals surface area (Å²) in [6.07, 6.45) is 2.28. The number of hydrogen-bond acceptors (Lipinski definition) is 10. The maximum atomic E-state index is 12.3. The molecule has 148 valence electrons. The third kappa shape index (κ3) is 5.42. The summed E-state index contributed by atoms with van der Waals surface area (Å²) >= 11 is 2.65. The molecular formula is C17H18N4O5S2. The van der Waals surface area contributed by atoms with Gasteiger partial charge in [0.15, 0.2) is 4.34 Å². The Hall–Kier alpha value is -2.66. The van der Waals surface area contributed by atoms with Crippen LogP contribution >= 0.6 is 23.1 Å². The van der Waals surface area contributed by atoms with E-state index in [1.165, 1.54) is 55.5 Å². The number of benzene rings is 1. The van der Waals surface area contributed by atoms with Crippen LogP contribution in [0.25, 0.3) is 0 Å². The van der Waals surface area contributed by atoms with E-state index < -0.39 is 11.9 Å². The molecule has 0 aliphatic heterocycles. The molecule has 1 aliphatic rings. The molecular weight excluding hydrogens is 404 g/mol. The fourth-order valence-electron chi connectivity index (χ4n) is 2.22. The minimum absolute atomic E-state index is 0.105. The van der Waals surface area contributed by atoms with Crippen LogP contribution in [0.15, 0.2) is 22.5 Å². The topological polar surface area (TPSA) is 120 Å². The quantitative estimate of drug-likeness (QED) is 0.488. The summed E-state index contributed by atoms with van der Waals surface area (Å²) in [5.74, 6) is -1.45. The van der Waals surface area contributed by atoms with E-state index in [4.69, 9.17) is 0 Å². The highest BCUT2D eigenvalue weighted by Crippen LogP contribution is 2.30. The molecule has 28 heavy (non-hydrogen) atoms. The van der Waals surface area contributed by atoms with Crippen molar-refractivity contribution in [2.75, 3.05) is 30.6 Å². The number of esters is 2. The third-order valence-electron chi connectivity index (χ3n) is 3.70. The van der Waals surface area contributed by atoms with Crippen LogP contribution < -0.4 is 10.6 Å². The average molecular weight is 422 g/mol. The Bertz CT molecular complexity index is 863. The van der Waals surface area contributed by atoms with Crippen molar-refractivity contribution in [1.82, 2.24) is 10.2 Å². The largest absolute Gasteiger partial charge is 0.465 e. The van der Waals surface area contributed by atoms with Gasteiger partial charge in [0.2, 0.25) is 11.0 Å². The first-order valence-corrected chi connectivity index (χ1v) is 10.1. The molecule has 3 rings (SSSR count). The first kappa shape index (κ1) is 20.1. The highest BCUT2D eigenvalue weighted by molar-refractivity contribution is 8.01. The Kier molecular flexibility index (Phi) is 6.47. The van der Waals surface area contributed by atoms with Gasteiger partial charge >= 0.3 is 11.9 Å². The lowest BCUT2D eigenvalue weighted by Gasteiger charge is -2.09. The monoisotopic (exact) mass is 422 g/mol. The van der Waals surface area contributed by atoms with E-state index in [1.54, 1.807) is 0 Å². The lowest BCUT2D eigenvalue weighted by molar-refractivity contribution is -0.113. The average Bonchev–Trinajstić information content (AvgIpc) is 3.40. The van der Waals surface area contributed by atoms with Crippen molar-refractivity contribution in [2.45, 2.75) is 23.2 Å². The molecule has 1 saturated carbocycles. The minimum Gasteiger partial charge on any atom is -0.465 e. The van der Waals surface area contributed by atoms with Crippen LogP contribution in [0.2, 0.25) is 0 Å². The Balaban J connectivity index is 1.62. The van der Waals surface area contributed by atoms with E-state index >= 15 is 0 Å². The molecule has 0 unspecified atom stereocenters. The standard InChI is InChI=1S/C17H18N4O5S2/c1-25-14(23)9-5-10(15(24)26-2)7-12(6-9)18-13(22)8-27-17-21-20-16(28-17)19-11-3-4-11/h5-7,11H,3-4,8H2,1-2H3,(H,18,22)(H,19,20). The smallest absolute Gasteiger partial charge is 0.337 e. The number of amides is 1. The number of aromatic nitrogens is 2. The van der Waals surface area contributed by atoms with E-state index in [1.807, 2.05) is 0 Å². The van der Waals surface area contributed by atoms with E-state index in [-0.39, 0.29) is 22.8 Å². The molecule has 0 atom stereocenters. The molecule has 0 spiro atoms. The maximum absolute atomic E-state index is 12.3. The molecule has 1 aromatic carbocycles. The van der Waals surface area contributed by atoms with Gasteiger partial charge in [-0.25, -0.2) is 9.59 Å². The molecule has 2 N–H and O–H groups in total. The second-order valence-corrected chi connectivity index (χ2v) is 8.11. The fraction of sp³-hybridized carbons (Fsp3) is 0.353. The van der Waals surface area contributed by atoms with E-state index in [2.05, 4.69) is 30.3 Å². The van der Waals surface area contributed by atoms with E-state index in [0.29, 0.717) is 16.1 Å². The molecule has 1 amide bonds. The fourth-order valence-corrected chi connectivity index (χ4v) is 3.85. The van der Waals surface area contributed by atoms with Crippen molar-refractivity contribution in [2.24, 2.45) is 0 Å². The van der Waals surface area contributed by atoms with Crippen LogP contribution in [-0.4, -0.2) is 54.1 Å². The summed E-state index contributed by atoms with van der Waals surface area (Å²) in [5, 5.41) is 14.7. The van der Waals surface area contributed by atoms with Gasteiger partial charge in [-0.15, -0.1) is 10.2 Å². The first-order chi connectivity index (χ1) is 13.5. The van der Waals surface area contributed by atoms with Gasteiger partial charge in [0, 0.05) is 11.7 Å². The SMILES string of the molecule is COC(=O)c1cc(NC(=O)CSc2nnc(NC3CC3)s2)cc(C(=O)OC)c1. The summed E-state index contributed by atoms with van der Waals surface area (Å²) in [7, 11) is 2.47. The second kappa shape index (κ2) is 9.02. The summed E-state index contributed by atoms with van der Waals surface area (Å²) in [5.41, 5.74) is 0.559. The molecule has 11 heteroatoms. The van der Waals surface area contributed by atoms with Gasteiger partial charge in [-0.1, -0.05) is 23.1 Å². The zero-order valence-corrected chi connectivity index (χ0v) is 16.8. The predicted octanol–water partition coefficient (Wildman–Crippen LogP) is 2.42. The molecule has 1 aliphatic carbocycles. The first-order valence-electron chi connectivity index (χ1n) is 8.33. The van der Waals surface area contributed by atoms with Gasteiger partial charge in [-0.05, 0) is 31.0 Å². The molecule has 1 fully saturated rings. The van der Waals surface area contributed by atoms with Crippen molar-refractivity contribution in [3.05, 3.63) is 29.3 Å². The lowest BCUT2D eigenvalue weighted by atomic mass is 10.1. The number of nitrogens with zero attached hydrogens (tertiary/aromatic N) is 2. The number of ether oxygens (including phenoxy) is 2. The summed E-state index contributed by atoms with van der Waals surface area (Å²) in [6.45, 7) is 0. The van der Waals surface area contributed by atoms with Crippen molar-refractivity contribution < 1.29 is 23.9 Å². The van der Waals surface area contributed by atoms with Gasteiger partial charge in [0.25, 0.3) is 0 Å². The zero-order valence-electron chi connectivity index (χ0n) is 15.2. The van der Waals surface area contributed by atoms with Gasteiger partial charge < -0.3 is 20.1 Å². The van der Waals surface area contributed by atoms with Crippen LogP contribution in [0.1, 0.15) is 33.6 Å². The summed E-state index contributed by atoms with van der Waals surface area (Å²) < 4.78 is 10.0. The van der Waals surface area contributed by atoms with Gasteiger partial charge in [-0.3, -0.25) is 4.79 Å². The number of anilines is 2. The molecule has 0 saturated heterocycles. The number of rotatable bonds is 8. The molecule has 1 heterocycles. The number of hydrogen-bond donors (Lipinski definition) is 2. The molecule has 0 radical (unpaired) electrons. The number of methoxy groups -OCH3 is 2. The highest BCUT2D eigenvalue weighted by Gasteiger charge is 2.22. The van der Waals surface area contributed by atoms with Crippen LogP contribution in [-0.2, 0) is 14.3 Å². The Morgan fingerprint density at radius 1 is 1.11 bits per heavy atom. The van der Waals surface area contributed by atoms with Gasteiger partial charge in [0.05, 0.1) is 31.1 Å². The van der Waals surface area contributed by atoms with Crippen molar-refractivity contribution in [3.8, 4) is 0 Å². The predicted molar refractivity (Wildman–Crippen MR) is 105 cm³/mol. The molecule has 0 bridgehead atoms. The number of carbonyl (C=O) groups excluding carboxylic acids is 3. The lowest BCUT2D eigenvalue weighted by Crippen LogP contribution is -2.16. The number of carbonyl (C=O) groups is 3. The normalized spacial score (nSPS) is 12.9. The van der Waals surface area contributed by atoms with Crippen molar-refractivity contribution in [3.63, 3.8) is 0 Å². The Morgan fingerprint density at radius 3 is 2.32 bits per heavy atom. The van der Waals surface area contributed by atoms with E-state index in [9.17, 15) is 14.4 Å². The van der Waals surface area contributed by atoms with Crippen molar-refractivity contribution >= 4 is 51.8 Å². The van der Waals surface area contributed by atoms with Crippen LogP contribution in [0.5, 0.6) is 0 Å². The zero-order chi connectivity index (χ0) is 20.1. The van der Waals surface area contributed by atoms with Gasteiger partial charge in [-0.2, -0.15) is 0 Å². The van der Waals surface area contributed by atoms with Crippen LogP contribution in [0.4, 0.5) is 10.8 Å². The summed E-state index contributed by atoms with van der Waals surface area (Å²) in [6, 6.07) is 4.70. The highest BCUT2D eigenvalue weighted by atomic mass is 32.2. The number of nitrogens with one attached hydrogen (secondary N) is 2. The van der Waals surface area contributed by atoms with E-state index in [0.717, 1.165) is 18.0 Å². The molecule has 1 aromatic heterocycles. The van der Waals surface area contributed by atoms with Crippen molar-refractivity contribution in [1.29, 1.82) is 0 Å².